The van der Waals surface area contributed by atoms with Crippen molar-refractivity contribution in [3.63, 3.8) is 0 Å². The second kappa shape index (κ2) is 5.73. The van der Waals surface area contributed by atoms with Crippen molar-refractivity contribution in [3.05, 3.63) is 53.2 Å². The molecule has 0 atom stereocenters. The zero-order valence-corrected chi connectivity index (χ0v) is 13.0. The Morgan fingerprint density at radius 2 is 2.00 bits per heavy atom. The van der Waals surface area contributed by atoms with Crippen LogP contribution >= 0.6 is 11.8 Å². The highest BCUT2D eigenvalue weighted by atomic mass is 32.2. The van der Waals surface area contributed by atoms with E-state index in [0.717, 1.165) is 28.1 Å². The summed E-state index contributed by atoms with van der Waals surface area (Å²) in [6, 6.07) is 10.2. The van der Waals surface area contributed by atoms with Crippen LogP contribution in [0.15, 0.2) is 40.0 Å². The van der Waals surface area contributed by atoms with Crippen LogP contribution < -0.4 is 0 Å². The monoisotopic (exact) mass is 300 g/mol. The standard InChI is InChI=1S/C15H16N4OS/c1-10-5-4-6-13(7-10)19-12(3)16-17-15(19)21-9-14-8-11(2)18-20-14/h4-8H,9H2,1-3H3. The molecule has 2 heterocycles. The summed E-state index contributed by atoms with van der Waals surface area (Å²) >= 11 is 1.59. The average molecular weight is 300 g/mol. The molecule has 0 amide bonds. The number of hydrogen-bond acceptors (Lipinski definition) is 5. The predicted octanol–water partition coefficient (Wildman–Crippen LogP) is 3.47. The highest BCUT2D eigenvalue weighted by Gasteiger charge is 2.12. The molecule has 0 N–H and O–H groups in total. The minimum atomic E-state index is 0.685. The van der Waals surface area contributed by atoms with Gasteiger partial charge in [0.15, 0.2) is 5.16 Å². The molecule has 0 unspecified atom stereocenters. The van der Waals surface area contributed by atoms with E-state index in [4.69, 9.17) is 4.52 Å². The lowest BCUT2D eigenvalue weighted by Gasteiger charge is -2.08. The fourth-order valence-corrected chi connectivity index (χ4v) is 2.99. The number of nitrogens with zero attached hydrogens (tertiary/aromatic N) is 4. The van der Waals surface area contributed by atoms with Gasteiger partial charge in [-0.05, 0) is 38.5 Å². The second-order valence-corrected chi connectivity index (χ2v) is 5.87. The Hall–Kier alpha value is -2.08. The first-order valence-corrected chi connectivity index (χ1v) is 7.66. The van der Waals surface area contributed by atoms with Gasteiger partial charge in [-0.2, -0.15) is 0 Å². The Balaban J connectivity index is 1.86. The van der Waals surface area contributed by atoms with Gasteiger partial charge in [-0.1, -0.05) is 29.1 Å². The van der Waals surface area contributed by atoms with Crippen LogP contribution in [0.25, 0.3) is 5.69 Å². The molecule has 5 nitrogen and oxygen atoms in total. The Labute approximate surface area is 127 Å². The fraction of sp³-hybridized carbons (Fsp3) is 0.267. The van der Waals surface area contributed by atoms with E-state index in [9.17, 15) is 0 Å². The first kappa shape index (κ1) is 13.9. The third-order valence-corrected chi connectivity index (χ3v) is 4.03. The number of aryl methyl sites for hydroxylation is 3. The van der Waals surface area contributed by atoms with Crippen LogP contribution in [-0.2, 0) is 5.75 Å². The summed E-state index contributed by atoms with van der Waals surface area (Å²) in [6.45, 7) is 5.95. The van der Waals surface area contributed by atoms with Crippen molar-refractivity contribution in [2.24, 2.45) is 0 Å². The molecule has 0 spiro atoms. The van der Waals surface area contributed by atoms with E-state index in [2.05, 4.69) is 45.0 Å². The molecule has 108 valence electrons. The van der Waals surface area contributed by atoms with Gasteiger partial charge in [0.05, 0.1) is 11.4 Å². The topological polar surface area (TPSA) is 56.7 Å². The van der Waals surface area contributed by atoms with Crippen LogP contribution in [0.1, 0.15) is 22.8 Å². The molecule has 3 aromatic rings. The average Bonchev–Trinajstić information content (AvgIpc) is 3.02. The van der Waals surface area contributed by atoms with Crippen molar-refractivity contribution < 1.29 is 4.52 Å². The molecular formula is C15H16N4OS. The maximum absolute atomic E-state index is 5.23. The highest BCUT2D eigenvalue weighted by Crippen LogP contribution is 2.25. The lowest BCUT2D eigenvalue weighted by Crippen LogP contribution is -1.99. The molecule has 3 rings (SSSR count). The first-order chi connectivity index (χ1) is 10.1. The molecule has 0 aliphatic heterocycles. The first-order valence-electron chi connectivity index (χ1n) is 6.67. The van der Waals surface area contributed by atoms with Crippen LogP contribution in [0.5, 0.6) is 0 Å². The zero-order chi connectivity index (χ0) is 14.8. The van der Waals surface area contributed by atoms with Gasteiger partial charge in [-0.3, -0.25) is 4.57 Å². The van der Waals surface area contributed by atoms with Crippen molar-refractivity contribution >= 4 is 11.8 Å². The Morgan fingerprint density at radius 3 is 2.71 bits per heavy atom. The van der Waals surface area contributed by atoms with Gasteiger partial charge in [0, 0.05) is 11.8 Å². The smallest absolute Gasteiger partial charge is 0.196 e. The van der Waals surface area contributed by atoms with E-state index in [1.54, 1.807) is 11.8 Å². The number of rotatable bonds is 4. The van der Waals surface area contributed by atoms with E-state index in [1.807, 2.05) is 26.0 Å². The maximum atomic E-state index is 5.23. The van der Waals surface area contributed by atoms with E-state index in [-0.39, 0.29) is 0 Å². The lowest BCUT2D eigenvalue weighted by atomic mass is 10.2. The second-order valence-electron chi connectivity index (χ2n) is 4.93. The lowest BCUT2D eigenvalue weighted by molar-refractivity contribution is 0.391. The van der Waals surface area contributed by atoms with Gasteiger partial charge in [-0.25, -0.2) is 0 Å². The molecule has 0 fully saturated rings. The molecule has 0 saturated carbocycles. The summed E-state index contributed by atoms with van der Waals surface area (Å²) < 4.78 is 7.29. The minimum Gasteiger partial charge on any atom is -0.360 e. The van der Waals surface area contributed by atoms with Crippen LogP contribution in [0.2, 0.25) is 0 Å². The van der Waals surface area contributed by atoms with E-state index in [1.165, 1.54) is 5.56 Å². The Bertz CT molecular complexity index is 763. The molecule has 6 heteroatoms. The van der Waals surface area contributed by atoms with Crippen molar-refractivity contribution in [2.75, 3.05) is 0 Å². The third-order valence-electron chi connectivity index (χ3n) is 3.08. The molecule has 0 aliphatic rings. The molecule has 0 bridgehead atoms. The van der Waals surface area contributed by atoms with Crippen molar-refractivity contribution in [2.45, 2.75) is 31.7 Å². The predicted molar refractivity (Wildman–Crippen MR) is 81.6 cm³/mol. The zero-order valence-electron chi connectivity index (χ0n) is 12.2. The normalized spacial score (nSPS) is 11.0. The van der Waals surface area contributed by atoms with Crippen LogP contribution in [0, 0.1) is 20.8 Å². The number of thioether (sulfide) groups is 1. The summed E-state index contributed by atoms with van der Waals surface area (Å²) in [5.74, 6) is 2.40. The molecule has 0 radical (unpaired) electrons. The Morgan fingerprint density at radius 1 is 1.14 bits per heavy atom. The summed E-state index contributed by atoms with van der Waals surface area (Å²) in [5.41, 5.74) is 3.18. The van der Waals surface area contributed by atoms with E-state index < -0.39 is 0 Å². The third kappa shape index (κ3) is 3.00. The highest BCUT2D eigenvalue weighted by molar-refractivity contribution is 7.98. The summed E-state index contributed by atoms with van der Waals surface area (Å²) in [6.07, 6.45) is 0. The van der Waals surface area contributed by atoms with Crippen molar-refractivity contribution in [1.82, 2.24) is 19.9 Å². The molecule has 1 aromatic carbocycles. The molecule has 2 aromatic heterocycles. The molecule has 0 aliphatic carbocycles. The van der Waals surface area contributed by atoms with Crippen LogP contribution in [0.4, 0.5) is 0 Å². The Kier molecular flexibility index (Phi) is 3.79. The molecule has 0 saturated heterocycles. The SMILES string of the molecule is Cc1cccc(-n2c(C)nnc2SCc2cc(C)no2)c1. The minimum absolute atomic E-state index is 0.685. The summed E-state index contributed by atoms with van der Waals surface area (Å²) in [5, 5.41) is 13.2. The van der Waals surface area contributed by atoms with Gasteiger partial charge in [-0.15, -0.1) is 10.2 Å². The molecule has 21 heavy (non-hydrogen) atoms. The van der Waals surface area contributed by atoms with Gasteiger partial charge in [0.1, 0.15) is 11.6 Å². The number of aromatic nitrogens is 4. The largest absolute Gasteiger partial charge is 0.360 e. The van der Waals surface area contributed by atoms with Crippen molar-refractivity contribution in [3.8, 4) is 5.69 Å². The van der Waals surface area contributed by atoms with Gasteiger partial charge in [0.2, 0.25) is 0 Å². The fourth-order valence-electron chi connectivity index (χ4n) is 2.12. The maximum Gasteiger partial charge on any atom is 0.196 e. The van der Waals surface area contributed by atoms with Gasteiger partial charge >= 0.3 is 0 Å². The van der Waals surface area contributed by atoms with Crippen LogP contribution in [-0.4, -0.2) is 19.9 Å². The quantitative estimate of drug-likeness (QED) is 0.690. The number of hydrogen-bond donors (Lipinski definition) is 0. The van der Waals surface area contributed by atoms with Gasteiger partial charge < -0.3 is 4.52 Å². The van der Waals surface area contributed by atoms with Crippen molar-refractivity contribution in [1.29, 1.82) is 0 Å². The van der Waals surface area contributed by atoms with E-state index >= 15 is 0 Å². The van der Waals surface area contributed by atoms with Crippen LogP contribution in [0.3, 0.4) is 0 Å². The summed E-state index contributed by atoms with van der Waals surface area (Å²) in [4.78, 5) is 0. The number of benzene rings is 1. The van der Waals surface area contributed by atoms with E-state index in [0.29, 0.717) is 5.75 Å². The van der Waals surface area contributed by atoms with Gasteiger partial charge in [0.25, 0.3) is 0 Å². The summed E-state index contributed by atoms with van der Waals surface area (Å²) in [7, 11) is 0. The molecular weight excluding hydrogens is 284 g/mol.